The first kappa shape index (κ1) is 40.0. The molecule has 56 heavy (non-hydrogen) atoms. The van der Waals surface area contributed by atoms with Gasteiger partial charge in [-0.15, -0.1) is 0 Å². The zero-order valence-corrected chi connectivity index (χ0v) is 37.2. The zero-order valence-electron chi connectivity index (χ0n) is 30.1. The molecule has 0 bridgehead atoms. The monoisotopic (exact) mass is 1000 g/mol. The van der Waals surface area contributed by atoms with E-state index in [2.05, 4.69) is 270 Å². The summed E-state index contributed by atoms with van der Waals surface area (Å²) in [6.07, 6.45) is 0. The second kappa shape index (κ2) is 17.9. The van der Waals surface area contributed by atoms with Crippen LogP contribution in [0.3, 0.4) is 0 Å². The maximum absolute atomic E-state index is 6.44. The van der Waals surface area contributed by atoms with E-state index in [1.54, 1.807) is 0 Å². The molecular weight excluding hydrogens is 970 g/mol. The van der Waals surface area contributed by atoms with Gasteiger partial charge in [-0.05, 0) is 132 Å². The van der Waals surface area contributed by atoms with Crippen LogP contribution in [0, 0.1) is 0 Å². The van der Waals surface area contributed by atoms with Crippen LogP contribution in [0.4, 0.5) is 5.69 Å². The quantitative estimate of drug-likeness (QED) is 0.0916. The highest BCUT2D eigenvalue weighted by Crippen LogP contribution is 2.49. The summed E-state index contributed by atoms with van der Waals surface area (Å²) >= 11 is 21.0. The molecule has 0 spiro atoms. The number of benzene rings is 8. The van der Waals surface area contributed by atoms with Crippen molar-refractivity contribution in [3.05, 3.63) is 274 Å². The molecule has 0 radical (unpaired) electrons. The fraction of sp³-hybridized carbons (Fsp3) is 0.0400. The van der Waals surface area contributed by atoms with Crippen LogP contribution in [0.25, 0.3) is 0 Å². The Morgan fingerprint density at radius 2 is 0.500 bits per heavy atom. The number of nitrogens with two attached hydrogens (primary N) is 1. The van der Waals surface area contributed by atoms with Gasteiger partial charge in [-0.3, -0.25) is 0 Å². The van der Waals surface area contributed by atoms with E-state index in [0.29, 0.717) is 10.7 Å². The molecule has 0 heterocycles. The minimum absolute atomic E-state index is 0.470. The largest absolute Gasteiger partial charge is 0.397 e. The molecule has 0 atom stereocenters. The molecule has 1 nitrogen and oxygen atoms in total. The summed E-state index contributed by atoms with van der Waals surface area (Å²) in [5.74, 6) is 0. The molecule has 2 N–H and O–H groups in total. The Labute approximate surface area is 368 Å². The molecule has 276 valence electrons. The van der Waals surface area contributed by atoms with Gasteiger partial charge in [0.15, 0.2) is 0 Å². The van der Waals surface area contributed by atoms with E-state index in [-0.39, 0.29) is 0 Å². The Balaban J connectivity index is 0.000000172. The summed E-state index contributed by atoms with van der Waals surface area (Å²) < 4.78 is 3.49. The Bertz CT molecular complexity index is 2100. The van der Waals surface area contributed by atoms with E-state index in [9.17, 15) is 0 Å². The number of nitrogen functional groups attached to an aromatic ring is 1. The zero-order chi connectivity index (χ0) is 39.1. The first-order chi connectivity index (χ1) is 27.3. The van der Waals surface area contributed by atoms with Crippen LogP contribution >= 0.6 is 75.3 Å². The second-order valence-electron chi connectivity index (χ2n) is 13.3. The lowest BCUT2D eigenvalue weighted by Crippen LogP contribution is -2.31. The van der Waals surface area contributed by atoms with Gasteiger partial charge in [0.05, 0.1) is 21.5 Å². The van der Waals surface area contributed by atoms with Crippen molar-refractivity contribution in [3.8, 4) is 0 Å². The molecular formula is C50H36Br4ClN. The molecule has 0 aliphatic heterocycles. The molecule has 0 aromatic heterocycles. The van der Waals surface area contributed by atoms with E-state index in [1.165, 1.54) is 33.4 Å². The van der Waals surface area contributed by atoms with E-state index in [1.807, 2.05) is 0 Å². The molecule has 8 rings (SSSR count). The second-order valence-corrected chi connectivity index (χ2v) is 17.1. The van der Waals surface area contributed by atoms with Crippen LogP contribution in [0.1, 0.15) is 44.5 Å². The molecule has 0 fully saturated rings. The summed E-state index contributed by atoms with van der Waals surface area (Å²) in [6.45, 7) is 0. The third-order valence-corrected chi connectivity index (χ3v) is 13.6. The van der Waals surface area contributed by atoms with Gasteiger partial charge in [-0.1, -0.05) is 194 Å². The Kier molecular flexibility index (Phi) is 12.8. The Morgan fingerprint density at radius 3 is 0.714 bits per heavy atom. The maximum Gasteiger partial charge on any atom is 0.0702 e. The number of rotatable bonds is 8. The van der Waals surface area contributed by atoms with Crippen molar-refractivity contribution in [2.75, 3.05) is 5.73 Å². The van der Waals surface area contributed by atoms with Crippen molar-refractivity contribution in [2.45, 2.75) is 10.8 Å². The lowest BCUT2D eigenvalue weighted by Gasteiger charge is -2.37. The number of halogens is 5. The van der Waals surface area contributed by atoms with Crippen LogP contribution in [-0.4, -0.2) is 0 Å². The molecule has 0 unspecified atom stereocenters. The van der Waals surface area contributed by atoms with Crippen molar-refractivity contribution in [1.29, 1.82) is 0 Å². The average molecular weight is 1010 g/mol. The number of anilines is 1. The molecule has 8 aromatic rings. The van der Waals surface area contributed by atoms with Gasteiger partial charge in [0.1, 0.15) is 0 Å². The van der Waals surface area contributed by atoms with Crippen LogP contribution in [0.2, 0.25) is 5.02 Å². The predicted octanol–water partition coefficient (Wildman–Crippen LogP) is 15.4. The van der Waals surface area contributed by atoms with Crippen LogP contribution in [0.5, 0.6) is 0 Å². The van der Waals surface area contributed by atoms with Gasteiger partial charge in [0.2, 0.25) is 0 Å². The van der Waals surface area contributed by atoms with Crippen molar-refractivity contribution >= 4 is 81.0 Å². The van der Waals surface area contributed by atoms with Crippen LogP contribution in [-0.2, 0) is 10.8 Å². The highest BCUT2D eigenvalue weighted by Gasteiger charge is 2.40. The van der Waals surface area contributed by atoms with Gasteiger partial charge in [-0.25, -0.2) is 0 Å². The average Bonchev–Trinajstić information content (AvgIpc) is 3.25. The molecule has 0 aliphatic carbocycles. The van der Waals surface area contributed by atoms with E-state index >= 15 is 0 Å². The van der Waals surface area contributed by atoms with E-state index in [0.717, 1.165) is 29.0 Å². The van der Waals surface area contributed by atoms with E-state index < -0.39 is 10.8 Å². The van der Waals surface area contributed by atoms with Gasteiger partial charge >= 0.3 is 0 Å². The molecule has 0 amide bonds. The summed E-state index contributed by atoms with van der Waals surface area (Å²) in [5, 5.41) is 0.673. The molecule has 0 saturated heterocycles. The highest BCUT2D eigenvalue weighted by molar-refractivity contribution is 9.11. The fourth-order valence-electron chi connectivity index (χ4n) is 7.70. The molecule has 8 aromatic carbocycles. The van der Waals surface area contributed by atoms with Crippen LogP contribution < -0.4 is 5.73 Å². The highest BCUT2D eigenvalue weighted by atomic mass is 79.9. The standard InChI is InChI=1S/C25H17Br2Cl.C25H19Br2N/c2*26-22-16-21(17-23(27)24(22)28)25(18-10-4-1-5-11-18,19-12-6-2-7-13-19)20-14-8-3-9-15-20/h1-17H;1-17H,28H2. The number of hydrogen-bond acceptors (Lipinski definition) is 1. The summed E-state index contributed by atoms with van der Waals surface area (Å²) in [4.78, 5) is 0. The van der Waals surface area contributed by atoms with Crippen molar-refractivity contribution in [3.63, 3.8) is 0 Å². The first-order valence-corrected chi connectivity index (χ1v) is 21.6. The SMILES string of the molecule is Clc1c(Br)cc(C(c2ccccc2)(c2ccccc2)c2ccccc2)cc1Br.Nc1c(Br)cc(C(c2ccccc2)(c2ccccc2)c2ccccc2)cc1Br. The summed E-state index contributed by atoms with van der Waals surface area (Å²) in [7, 11) is 0. The van der Waals surface area contributed by atoms with Crippen molar-refractivity contribution < 1.29 is 0 Å². The minimum Gasteiger partial charge on any atom is -0.397 e. The topological polar surface area (TPSA) is 26.0 Å². The molecule has 0 aliphatic rings. The third kappa shape index (κ3) is 7.73. The third-order valence-electron chi connectivity index (χ3n) is 10.2. The van der Waals surface area contributed by atoms with Gasteiger partial charge in [0, 0.05) is 17.9 Å². The predicted molar refractivity (Wildman–Crippen MR) is 250 cm³/mol. The van der Waals surface area contributed by atoms with Gasteiger partial charge in [-0.2, -0.15) is 0 Å². The van der Waals surface area contributed by atoms with E-state index in [4.69, 9.17) is 17.3 Å². The van der Waals surface area contributed by atoms with Gasteiger partial charge in [0.25, 0.3) is 0 Å². The fourth-order valence-corrected chi connectivity index (χ4v) is 10.2. The minimum atomic E-state index is -0.473. The van der Waals surface area contributed by atoms with Crippen LogP contribution in [0.15, 0.2) is 224 Å². The molecule has 0 saturated carbocycles. The Morgan fingerprint density at radius 1 is 0.304 bits per heavy atom. The Hall–Kier alpha value is -4.23. The first-order valence-electron chi connectivity index (χ1n) is 18.0. The van der Waals surface area contributed by atoms with Crippen molar-refractivity contribution in [1.82, 2.24) is 0 Å². The lowest BCUT2D eigenvalue weighted by molar-refractivity contribution is 0.744. The van der Waals surface area contributed by atoms with Crippen molar-refractivity contribution in [2.24, 2.45) is 0 Å². The maximum atomic E-state index is 6.44. The lowest BCUT2D eigenvalue weighted by atomic mass is 9.65. The smallest absolute Gasteiger partial charge is 0.0702 e. The summed E-state index contributed by atoms with van der Waals surface area (Å²) in [6, 6.07) is 72.3. The normalized spacial score (nSPS) is 11.4. The molecule has 6 heteroatoms. The van der Waals surface area contributed by atoms with Gasteiger partial charge < -0.3 is 5.73 Å². The summed E-state index contributed by atoms with van der Waals surface area (Å²) in [5.41, 5.74) is 15.5. The number of hydrogen-bond donors (Lipinski definition) is 1.